The van der Waals surface area contributed by atoms with Crippen LogP contribution in [0.4, 0.5) is 4.79 Å². The van der Waals surface area contributed by atoms with Gasteiger partial charge in [-0.15, -0.1) is 0 Å². The number of nitrogens with zero attached hydrogens (tertiary/aromatic N) is 1. The molecule has 1 atom stereocenters. The van der Waals surface area contributed by atoms with E-state index in [2.05, 4.69) is 5.32 Å². The minimum atomic E-state index is -0.198. The Kier molecular flexibility index (Phi) is 3.35. The fourth-order valence-electron chi connectivity index (χ4n) is 1.71. The van der Waals surface area contributed by atoms with E-state index in [1.807, 2.05) is 13.8 Å². The number of nitrogens with one attached hydrogen (secondary N) is 1. The van der Waals surface area contributed by atoms with Gasteiger partial charge in [0.15, 0.2) is 0 Å². The van der Waals surface area contributed by atoms with Crippen LogP contribution in [0, 0.1) is 0 Å². The van der Waals surface area contributed by atoms with Crippen molar-refractivity contribution in [3.8, 4) is 0 Å². The molecule has 1 unspecified atom stereocenters. The Morgan fingerprint density at radius 1 is 1.62 bits per heavy atom. The van der Waals surface area contributed by atoms with Gasteiger partial charge in [0.25, 0.3) is 0 Å². The molecule has 5 nitrogen and oxygen atoms in total. The average Bonchev–Trinajstić information content (AvgIpc) is 2.80. The van der Waals surface area contributed by atoms with Gasteiger partial charge in [0.05, 0.1) is 19.4 Å². The number of hydrogen-bond acceptors (Lipinski definition) is 4. The SMILES string of the molecule is CCN(CC1COCN1)C(=O)OC1(C)CC1. The van der Waals surface area contributed by atoms with E-state index in [1.54, 1.807) is 4.90 Å². The first-order valence-electron chi connectivity index (χ1n) is 5.92. The van der Waals surface area contributed by atoms with Gasteiger partial charge in [-0.25, -0.2) is 4.79 Å². The van der Waals surface area contributed by atoms with Crippen LogP contribution in [0.1, 0.15) is 26.7 Å². The van der Waals surface area contributed by atoms with Crippen molar-refractivity contribution >= 4 is 6.09 Å². The molecule has 1 aliphatic carbocycles. The van der Waals surface area contributed by atoms with Gasteiger partial charge < -0.3 is 14.4 Å². The Morgan fingerprint density at radius 3 is 2.88 bits per heavy atom. The normalized spacial score (nSPS) is 26.5. The van der Waals surface area contributed by atoms with Gasteiger partial charge in [-0.05, 0) is 26.7 Å². The lowest BCUT2D eigenvalue weighted by atomic mass is 10.3. The van der Waals surface area contributed by atoms with Crippen LogP contribution in [-0.4, -0.2) is 49.1 Å². The molecule has 2 rings (SSSR count). The highest BCUT2D eigenvalue weighted by atomic mass is 16.6. The molecule has 0 aromatic rings. The standard InChI is InChI=1S/C11H20N2O3/c1-3-13(6-9-7-15-8-12-9)10(14)16-11(2)4-5-11/h9,12H,3-8H2,1-2H3. The molecule has 0 bridgehead atoms. The van der Waals surface area contributed by atoms with Crippen molar-refractivity contribution in [2.75, 3.05) is 26.4 Å². The summed E-state index contributed by atoms with van der Waals surface area (Å²) in [5, 5.41) is 3.18. The number of likely N-dealkylation sites (N-methyl/N-ethyl adjacent to an activating group) is 1. The minimum absolute atomic E-state index is 0.190. The summed E-state index contributed by atoms with van der Waals surface area (Å²) in [5.41, 5.74) is -0.190. The lowest BCUT2D eigenvalue weighted by Gasteiger charge is -2.25. The number of ether oxygens (including phenoxy) is 2. The van der Waals surface area contributed by atoms with Gasteiger partial charge >= 0.3 is 6.09 Å². The van der Waals surface area contributed by atoms with Gasteiger partial charge in [0, 0.05) is 13.1 Å². The zero-order valence-electron chi connectivity index (χ0n) is 9.99. The first-order chi connectivity index (χ1) is 7.63. The first-order valence-corrected chi connectivity index (χ1v) is 5.92. The predicted molar refractivity (Wildman–Crippen MR) is 59.1 cm³/mol. The summed E-state index contributed by atoms with van der Waals surface area (Å²) >= 11 is 0. The fraction of sp³-hybridized carbons (Fsp3) is 0.909. The van der Waals surface area contributed by atoms with E-state index >= 15 is 0 Å². The molecule has 1 amide bonds. The van der Waals surface area contributed by atoms with Gasteiger partial charge in [-0.1, -0.05) is 0 Å². The Hall–Kier alpha value is -0.810. The molecule has 16 heavy (non-hydrogen) atoms. The van der Waals surface area contributed by atoms with Crippen LogP contribution >= 0.6 is 0 Å². The van der Waals surface area contributed by atoms with E-state index in [9.17, 15) is 4.79 Å². The van der Waals surface area contributed by atoms with Crippen LogP contribution in [0.15, 0.2) is 0 Å². The molecule has 1 saturated carbocycles. The zero-order valence-corrected chi connectivity index (χ0v) is 9.99. The molecule has 92 valence electrons. The molecular weight excluding hydrogens is 208 g/mol. The van der Waals surface area contributed by atoms with Crippen molar-refractivity contribution < 1.29 is 14.3 Å². The number of amides is 1. The van der Waals surface area contributed by atoms with E-state index in [1.165, 1.54) is 0 Å². The summed E-state index contributed by atoms with van der Waals surface area (Å²) in [7, 11) is 0. The third kappa shape index (κ3) is 2.86. The second-order valence-corrected chi connectivity index (χ2v) is 4.77. The summed E-state index contributed by atoms with van der Waals surface area (Å²) in [5.74, 6) is 0. The van der Waals surface area contributed by atoms with Gasteiger partial charge in [-0.3, -0.25) is 5.32 Å². The Morgan fingerprint density at radius 2 is 2.38 bits per heavy atom. The molecule has 5 heteroatoms. The monoisotopic (exact) mass is 228 g/mol. The maximum absolute atomic E-state index is 11.9. The third-order valence-electron chi connectivity index (χ3n) is 3.16. The van der Waals surface area contributed by atoms with Gasteiger partial charge in [0.2, 0.25) is 0 Å². The summed E-state index contributed by atoms with van der Waals surface area (Å²) < 4.78 is 10.6. The predicted octanol–water partition coefficient (Wildman–Crippen LogP) is 0.943. The quantitative estimate of drug-likeness (QED) is 0.778. The van der Waals surface area contributed by atoms with Crippen molar-refractivity contribution in [1.29, 1.82) is 0 Å². The second-order valence-electron chi connectivity index (χ2n) is 4.77. The van der Waals surface area contributed by atoms with Crippen LogP contribution < -0.4 is 5.32 Å². The number of carbonyl (C=O) groups excluding carboxylic acids is 1. The van der Waals surface area contributed by atoms with Gasteiger partial charge in [-0.2, -0.15) is 0 Å². The van der Waals surface area contributed by atoms with Gasteiger partial charge in [0.1, 0.15) is 5.60 Å². The number of carbonyl (C=O) groups is 1. The van der Waals surface area contributed by atoms with Crippen molar-refractivity contribution in [3.63, 3.8) is 0 Å². The Bertz CT molecular complexity index is 260. The molecule has 1 heterocycles. The molecule has 0 aromatic heterocycles. The number of rotatable bonds is 4. The summed E-state index contributed by atoms with van der Waals surface area (Å²) in [4.78, 5) is 13.6. The lowest BCUT2D eigenvalue weighted by Crippen LogP contribution is -2.43. The molecule has 2 fully saturated rings. The van der Waals surface area contributed by atoms with Crippen LogP contribution in [0.25, 0.3) is 0 Å². The highest BCUT2D eigenvalue weighted by Crippen LogP contribution is 2.39. The molecule has 0 spiro atoms. The topological polar surface area (TPSA) is 50.8 Å². The van der Waals surface area contributed by atoms with Crippen molar-refractivity contribution in [3.05, 3.63) is 0 Å². The van der Waals surface area contributed by atoms with E-state index < -0.39 is 0 Å². The second kappa shape index (κ2) is 4.59. The summed E-state index contributed by atoms with van der Waals surface area (Å²) in [6.45, 7) is 6.52. The van der Waals surface area contributed by atoms with Crippen molar-refractivity contribution in [2.24, 2.45) is 0 Å². The molecule has 1 saturated heterocycles. The Balaban J connectivity index is 1.80. The van der Waals surface area contributed by atoms with E-state index in [0.29, 0.717) is 26.4 Å². The smallest absolute Gasteiger partial charge is 0.410 e. The van der Waals surface area contributed by atoms with Crippen LogP contribution in [0.3, 0.4) is 0 Å². The van der Waals surface area contributed by atoms with E-state index in [-0.39, 0.29) is 17.7 Å². The largest absolute Gasteiger partial charge is 0.443 e. The Labute approximate surface area is 96.1 Å². The highest BCUT2D eigenvalue weighted by molar-refractivity contribution is 5.68. The average molecular weight is 228 g/mol. The molecule has 0 aromatic carbocycles. The van der Waals surface area contributed by atoms with Crippen molar-refractivity contribution in [2.45, 2.75) is 38.3 Å². The van der Waals surface area contributed by atoms with E-state index in [0.717, 1.165) is 12.8 Å². The van der Waals surface area contributed by atoms with E-state index in [4.69, 9.17) is 9.47 Å². The van der Waals surface area contributed by atoms with Crippen LogP contribution in [0.2, 0.25) is 0 Å². The first kappa shape index (κ1) is 11.7. The zero-order chi connectivity index (χ0) is 11.6. The molecule has 1 aliphatic heterocycles. The van der Waals surface area contributed by atoms with Crippen LogP contribution in [-0.2, 0) is 9.47 Å². The molecule has 0 radical (unpaired) electrons. The van der Waals surface area contributed by atoms with Crippen LogP contribution in [0.5, 0.6) is 0 Å². The number of hydrogen-bond donors (Lipinski definition) is 1. The maximum Gasteiger partial charge on any atom is 0.410 e. The fourth-order valence-corrected chi connectivity index (χ4v) is 1.71. The highest BCUT2D eigenvalue weighted by Gasteiger charge is 2.42. The van der Waals surface area contributed by atoms with Crippen molar-refractivity contribution in [1.82, 2.24) is 10.2 Å². The summed E-state index contributed by atoms with van der Waals surface area (Å²) in [6, 6.07) is 0.236. The molecule has 2 aliphatic rings. The lowest BCUT2D eigenvalue weighted by molar-refractivity contribution is 0.0575. The maximum atomic E-state index is 11.9. The third-order valence-corrected chi connectivity index (χ3v) is 3.16. The molecular formula is C11H20N2O3. The molecule has 1 N–H and O–H groups in total. The minimum Gasteiger partial charge on any atom is -0.443 e. The summed E-state index contributed by atoms with van der Waals surface area (Å²) in [6.07, 6.45) is 1.78.